The molecule has 0 saturated carbocycles. The Hall–Kier alpha value is -3.43. The van der Waals surface area contributed by atoms with Crippen LogP contribution in [0.2, 0.25) is 0 Å². The van der Waals surface area contributed by atoms with E-state index in [-0.39, 0.29) is 11.0 Å². The number of hydrogen-bond donors (Lipinski definition) is 2. The second kappa shape index (κ2) is 6.53. The summed E-state index contributed by atoms with van der Waals surface area (Å²) in [6.07, 6.45) is 6.54. The smallest absolute Gasteiger partial charge is 0.177 e. The molecular formula is C22H15F2N5OS. The Morgan fingerprint density at radius 2 is 2.13 bits per heavy atom. The Bertz CT molecular complexity index is 1460. The molecule has 0 radical (unpaired) electrons. The number of nitrogens with one attached hydrogen (secondary N) is 1. The molecule has 0 bridgehead atoms. The SMILES string of the molecule is O[C@@]1(c2cccc(-c3csc(-c4c[nH]c5ncc(F)c(F)c45)n3)c2)CCn2ccnc21. The molecule has 1 aliphatic rings. The lowest BCUT2D eigenvalue weighted by Gasteiger charge is -2.22. The van der Waals surface area contributed by atoms with E-state index in [1.807, 2.05) is 40.4 Å². The predicted molar refractivity (Wildman–Crippen MR) is 112 cm³/mol. The summed E-state index contributed by atoms with van der Waals surface area (Å²) in [6, 6.07) is 7.56. The minimum Gasteiger partial charge on any atom is -0.377 e. The first-order valence-electron chi connectivity index (χ1n) is 9.66. The summed E-state index contributed by atoms with van der Waals surface area (Å²) >= 11 is 1.33. The summed E-state index contributed by atoms with van der Waals surface area (Å²) in [4.78, 5) is 15.8. The fourth-order valence-corrected chi connectivity index (χ4v) is 5.04. The van der Waals surface area contributed by atoms with Crippen molar-refractivity contribution < 1.29 is 13.9 Å². The van der Waals surface area contributed by atoms with Crippen LogP contribution in [0.1, 0.15) is 17.8 Å². The molecule has 0 saturated heterocycles. The topological polar surface area (TPSA) is 79.6 Å². The Kier molecular flexibility index (Phi) is 3.87. The summed E-state index contributed by atoms with van der Waals surface area (Å²) in [5, 5.41) is 13.8. The average molecular weight is 435 g/mol. The number of H-pyrrole nitrogens is 1. The van der Waals surface area contributed by atoms with Gasteiger partial charge >= 0.3 is 0 Å². The third-order valence-corrected chi connectivity index (χ3v) is 6.64. The van der Waals surface area contributed by atoms with Gasteiger partial charge in [-0.1, -0.05) is 18.2 Å². The van der Waals surface area contributed by atoms with Crippen molar-refractivity contribution in [3.8, 4) is 21.8 Å². The number of aromatic nitrogens is 5. The van der Waals surface area contributed by atoms with Gasteiger partial charge in [0.2, 0.25) is 0 Å². The number of aromatic amines is 1. The Morgan fingerprint density at radius 3 is 3.03 bits per heavy atom. The standard InChI is InChI=1S/C22H15F2N5OS/c23-15-10-27-19-17(18(15)24)14(9-26-19)20-28-16(11-31-20)12-2-1-3-13(8-12)22(30)4-6-29-7-5-25-21(22)29/h1-3,5,7-11,30H,4,6H2,(H,26,27)/t22-/m1/s1. The summed E-state index contributed by atoms with van der Waals surface area (Å²) in [7, 11) is 0. The van der Waals surface area contributed by atoms with E-state index in [2.05, 4.69) is 19.9 Å². The summed E-state index contributed by atoms with van der Waals surface area (Å²) < 4.78 is 30.0. The van der Waals surface area contributed by atoms with Crippen LogP contribution in [0.15, 0.2) is 54.4 Å². The normalized spacial score (nSPS) is 18.0. The van der Waals surface area contributed by atoms with Crippen molar-refractivity contribution >= 4 is 22.4 Å². The number of nitrogens with zero attached hydrogens (tertiary/aromatic N) is 4. The van der Waals surface area contributed by atoms with Crippen molar-refractivity contribution in [3.05, 3.63) is 77.5 Å². The zero-order valence-electron chi connectivity index (χ0n) is 16.0. The first-order valence-corrected chi connectivity index (χ1v) is 10.5. The first-order chi connectivity index (χ1) is 15.0. The highest BCUT2D eigenvalue weighted by Crippen LogP contribution is 2.40. The number of aryl methyl sites for hydroxylation is 1. The van der Waals surface area contributed by atoms with Crippen molar-refractivity contribution in [2.24, 2.45) is 0 Å². The lowest BCUT2D eigenvalue weighted by Crippen LogP contribution is -2.25. The van der Waals surface area contributed by atoms with Crippen LogP contribution in [0.4, 0.5) is 8.78 Å². The molecule has 0 fully saturated rings. The molecule has 0 aliphatic carbocycles. The van der Waals surface area contributed by atoms with Crippen LogP contribution < -0.4 is 0 Å². The van der Waals surface area contributed by atoms with E-state index in [0.717, 1.165) is 17.3 Å². The van der Waals surface area contributed by atoms with Gasteiger partial charge in [-0.05, 0) is 11.6 Å². The molecule has 4 aromatic heterocycles. The number of imidazole rings is 1. The predicted octanol–water partition coefficient (Wildman–Crippen LogP) is 4.47. The highest BCUT2D eigenvalue weighted by atomic mass is 32.1. The molecule has 0 spiro atoms. The van der Waals surface area contributed by atoms with Gasteiger partial charge in [0.1, 0.15) is 22.1 Å². The van der Waals surface area contributed by atoms with Crippen molar-refractivity contribution in [1.29, 1.82) is 0 Å². The molecule has 5 heterocycles. The van der Waals surface area contributed by atoms with E-state index in [4.69, 9.17) is 0 Å². The number of thiazole rings is 1. The number of aliphatic hydroxyl groups is 1. The van der Waals surface area contributed by atoms with Crippen molar-refractivity contribution in [3.63, 3.8) is 0 Å². The number of fused-ring (bicyclic) bond motifs is 2. The maximum atomic E-state index is 14.4. The van der Waals surface area contributed by atoms with E-state index in [9.17, 15) is 13.9 Å². The molecule has 6 rings (SSSR count). The number of halogens is 2. The van der Waals surface area contributed by atoms with Gasteiger partial charge in [0.05, 0.1) is 17.3 Å². The van der Waals surface area contributed by atoms with E-state index >= 15 is 0 Å². The largest absolute Gasteiger partial charge is 0.377 e. The minimum absolute atomic E-state index is 0.0850. The molecule has 31 heavy (non-hydrogen) atoms. The first kappa shape index (κ1) is 18.3. The number of pyridine rings is 1. The Morgan fingerprint density at radius 1 is 1.23 bits per heavy atom. The van der Waals surface area contributed by atoms with Gasteiger partial charge in [-0.15, -0.1) is 11.3 Å². The summed E-state index contributed by atoms with van der Waals surface area (Å²) in [5.74, 6) is -1.31. The van der Waals surface area contributed by atoms with Crippen LogP contribution in [0, 0.1) is 11.6 Å². The van der Waals surface area contributed by atoms with Gasteiger partial charge in [0.25, 0.3) is 0 Å². The van der Waals surface area contributed by atoms with Gasteiger partial charge in [0, 0.05) is 48.1 Å². The second-order valence-electron chi connectivity index (χ2n) is 7.52. The number of benzene rings is 1. The molecule has 2 N–H and O–H groups in total. The fourth-order valence-electron chi connectivity index (χ4n) is 4.19. The monoisotopic (exact) mass is 435 g/mol. The number of rotatable bonds is 3. The van der Waals surface area contributed by atoms with Crippen molar-refractivity contribution in [2.45, 2.75) is 18.6 Å². The van der Waals surface area contributed by atoms with Crippen molar-refractivity contribution in [1.82, 2.24) is 24.5 Å². The highest BCUT2D eigenvalue weighted by molar-refractivity contribution is 7.13. The van der Waals surface area contributed by atoms with E-state index in [0.29, 0.717) is 35.1 Å². The quantitative estimate of drug-likeness (QED) is 0.438. The molecule has 1 aliphatic heterocycles. The zero-order valence-corrected chi connectivity index (χ0v) is 16.8. The molecule has 1 atom stereocenters. The van der Waals surface area contributed by atoms with Gasteiger partial charge in [-0.2, -0.15) is 0 Å². The Labute approximate surface area is 178 Å². The number of hydrogen-bond acceptors (Lipinski definition) is 5. The fraction of sp³-hybridized carbons (Fsp3) is 0.136. The summed E-state index contributed by atoms with van der Waals surface area (Å²) in [5.41, 5.74) is 1.83. The van der Waals surface area contributed by atoms with E-state index in [1.54, 1.807) is 12.4 Å². The van der Waals surface area contributed by atoms with Crippen LogP contribution in [-0.2, 0) is 12.1 Å². The molecule has 0 amide bonds. The van der Waals surface area contributed by atoms with Crippen LogP contribution in [0.3, 0.4) is 0 Å². The van der Waals surface area contributed by atoms with Gasteiger partial charge < -0.3 is 14.7 Å². The van der Waals surface area contributed by atoms with E-state index in [1.165, 1.54) is 11.3 Å². The zero-order chi connectivity index (χ0) is 21.2. The molecule has 0 unspecified atom stereocenters. The third kappa shape index (κ3) is 2.67. The molecule has 154 valence electrons. The molecule has 9 heteroatoms. The molecule has 5 aromatic rings. The summed E-state index contributed by atoms with van der Waals surface area (Å²) in [6.45, 7) is 0.702. The van der Waals surface area contributed by atoms with Gasteiger partial charge in [0.15, 0.2) is 11.6 Å². The maximum Gasteiger partial charge on any atom is 0.177 e. The minimum atomic E-state index is -1.15. The molecule has 6 nitrogen and oxygen atoms in total. The van der Waals surface area contributed by atoms with Crippen LogP contribution in [0.5, 0.6) is 0 Å². The highest BCUT2D eigenvalue weighted by Gasteiger charge is 2.40. The Balaban J connectivity index is 1.41. The molecule has 1 aromatic carbocycles. The van der Waals surface area contributed by atoms with Crippen LogP contribution in [-0.4, -0.2) is 29.6 Å². The van der Waals surface area contributed by atoms with Crippen LogP contribution >= 0.6 is 11.3 Å². The lowest BCUT2D eigenvalue weighted by atomic mass is 9.90. The van der Waals surface area contributed by atoms with Crippen molar-refractivity contribution in [2.75, 3.05) is 0 Å². The second-order valence-corrected chi connectivity index (χ2v) is 8.38. The average Bonchev–Trinajstić information content (AvgIpc) is 3.56. The van der Waals surface area contributed by atoms with Crippen LogP contribution in [0.25, 0.3) is 32.9 Å². The lowest BCUT2D eigenvalue weighted by molar-refractivity contribution is 0.0786. The van der Waals surface area contributed by atoms with Gasteiger partial charge in [-0.3, -0.25) is 0 Å². The molecular weight excluding hydrogens is 420 g/mol. The van der Waals surface area contributed by atoms with E-state index < -0.39 is 17.2 Å². The maximum absolute atomic E-state index is 14.4. The van der Waals surface area contributed by atoms with Gasteiger partial charge in [-0.25, -0.2) is 23.7 Å². The third-order valence-electron chi connectivity index (χ3n) is 5.77.